The Kier molecular flexibility index (Phi) is 5.36. The molecule has 1 N–H and O–H groups in total. The molecule has 1 nitrogen and oxygen atoms in total. The molecular weight excluding hydrogens is 330 g/mol. The Morgan fingerprint density at radius 2 is 1.85 bits per heavy atom. The van der Waals surface area contributed by atoms with Crippen molar-refractivity contribution in [1.29, 1.82) is 0 Å². The molecule has 3 heteroatoms. The zero-order chi connectivity index (χ0) is 14.9. The Hall–Kier alpha value is 0.140. The summed E-state index contributed by atoms with van der Waals surface area (Å²) in [6.45, 7) is 9.44. The van der Waals surface area contributed by atoms with Gasteiger partial charge in [-0.15, -0.1) is 11.3 Å². The highest BCUT2D eigenvalue weighted by Crippen LogP contribution is 2.44. The number of thiophene rings is 1. The van der Waals surface area contributed by atoms with Gasteiger partial charge in [-0.1, -0.05) is 20.8 Å². The van der Waals surface area contributed by atoms with Crippen molar-refractivity contribution >= 4 is 27.3 Å². The fourth-order valence-electron chi connectivity index (χ4n) is 3.73. The zero-order valence-corrected chi connectivity index (χ0v) is 15.8. The first-order valence-corrected chi connectivity index (χ1v) is 9.37. The minimum Gasteiger partial charge on any atom is -0.313 e. The molecule has 0 radical (unpaired) electrons. The van der Waals surface area contributed by atoms with E-state index in [0.717, 1.165) is 11.8 Å². The molecule has 1 saturated carbocycles. The van der Waals surface area contributed by atoms with E-state index in [2.05, 4.69) is 62.1 Å². The molecule has 2 rings (SSSR count). The normalized spacial score (nSPS) is 25.7. The summed E-state index contributed by atoms with van der Waals surface area (Å²) in [5, 5.41) is 3.58. The molecule has 1 aromatic rings. The van der Waals surface area contributed by atoms with Crippen LogP contribution in [-0.4, -0.2) is 7.05 Å². The number of nitrogens with one attached hydrogen (secondary N) is 1. The maximum atomic E-state index is 3.63. The fraction of sp³-hybridized carbons (Fsp3) is 0.765. The average molecular weight is 358 g/mol. The van der Waals surface area contributed by atoms with Gasteiger partial charge in [-0.3, -0.25) is 0 Å². The maximum absolute atomic E-state index is 3.63. The van der Waals surface area contributed by atoms with Crippen molar-refractivity contribution in [3.63, 3.8) is 0 Å². The van der Waals surface area contributed by atoms with Gasteiger partial charge in [0, 0.05) is 10.9 Å². The van der Waals surface area contributed by atoms with Crippen LogP contribution in [0.4, 0.5) is 0 Å². The second kappa shape index (κ2) is 6.50. The van der Waals surface area contributed by atoms with Crippen molar-refractivity contribution in [3.05, 3.63) is 20.3 Å². The molecule has 1 aromatic heterocycles. The molecule has 1 fully saturated rings. The largest absolute Gasteiger partial charge is 0.313 e. The topological polar surface area (TPSA) is 12.0 Å². The molecule has 1 aliphatic rings. The van der Waals surface area contributed by atoms with Gasteiger partial charge in [-0.2, -0.15) is 0 Å². The smallest absolute Gasteiger partial charge is 0.0704 e. The van der Waals surface area contributed by atoms with E-state index >= 15 is 0 Å². The van der Waals surface area contributed by atoms with Crippen LogP contribution >= 0.6 is 27.3 Å². The lowest BCUT2D eigenvalue weighted by Crippen LogP contribution is -2.32. The van der Waals surface area contributed by atoms with Gasteiger partial charge in [0.2, 0.25) is 0 Å². The molecule has 20 heavy (non-hydrogen) atoms. The predicted octanol–water partition coefficient (Wildman–Crippen LogP) is 5.93. The molecule has 0 saturated heterocycles. The van der Waals surface area contributed by atoms with Gasteiger partial charge in [-0.25, -0.2) is 0 Å². The lowest BCUT2D eigenvalue weighted by atomic mass is 9.68. The minimum atomic E-state index is 0.474. The van der Waals surface area contributed by atoms with E-state index in [-0.39, 0.29) is 0 Å². The summed E-state index contributed by atoms with van der Waals surface area (Å²) < 4.78 is 1.26. The molecule has 1 unspecified atom stereocenters. The Morgan fingerprint density at radius 1 is 1.25 bits per heavy atom. The molecule has 0 aliphatic heterocycles. The lowest BCUT2D eigenvalue weighted by Gasteiger charge is -2.39. The number of rotatable bonds is 3. The van der Waals surface area contributed by atoms with Crippen LogP contribution in [0.25, 0.3) is 0 Å². The van der Waals surface area contributed by atoms with Crippen LogP contribution in [0.5, 0.6) is 0 Å². The first-order valence-electron chi connectivity index (χ1n) is 7.76. The van der Waals surface area contributed by atoms with Crippen LogP contribution in [0.15, 0.2) is 9.85 Å². The van der Waals surface area contributed by atoms with Crippen molar-refractivity contribution in [2.45, 2.75) is 59.4 Å². The molecule has 0 bridgehead atoms. The lowest BCUT2D eigenvalue weighted by molar-refractivity contribution is 0.134. The SMILES string of the molecule is CNC(c1cc(Br)sc1C)C1CCC(C(C)(C)C)CC1. The number of hydrogen-bond donors (Lipinski definition) is 1. The Balaban J connectivity index is 2.06. The van der Waals surface area contributed by atoms with Crippen LogP contribution < -0.4 is 5.32 Å². The van der Waals surface area contributed by atoms with Crippen molar-refractivity contribution in [2.75, 3.05) is 7.05 Å². The highest BCUT2D eigenvalue weighted by Gasteiger charge is 2.33. The van der Waals surface area contributed by atoms with Crippen molar-refractivity contribution in [1.82, 2.24) is 5.32 Å². The minimum absolute atomic E-state index is 0.474. The molecular formula is C17H28BrNS. The fourth-order valence-corrected chi connectivity index (χ4v) is 5.49. The average Bonchev–Trinajstić information content (AvgIpc) is 2.69. The van der Waals surface area contributed by atoms with Crippen molar-refractivity contribution < 1.29 is 0 Å². The third-order valence-corrected chi connectivity index (χ3v) is 6.61. The third kappa shape index (κ3) is 3.66. The highest BCUT2D eigenvalue weighted by atomic mass is 79.9. The van der Waals surface area contributed by atoms with Crippen LogP contribution in [-0.2, 0) is 0 Å². The van der Waals surface area contributed by atoms with Gasteiger partial charge in [0.05, 0.1) is 3.79 Å². The Morgan fingerprint density at radius 3 is 2.25 bits per heavy atom. The van der Waals surface area contributed by atoms with Crippen LogP contribution in [0.2, 0.25) is 0 Å². The third-order valence-electron chi connectivity index (χ3n) is 5.04. The monoisotopic (exact) mass is 357 g/mol. The van der Waals surface area contributed by atoms with Gasteiger partial charge in [0.25, 0.3) is 0 Å². The second-order valence-electron chi connectivity index (χ2n) is 7.31. The second-order valence-corrected chi connectivity index (χ2v) is 9.94. The summed E-state index contributed by atoms with van der Waals surface area (Å²) in [5.74, 6) is 1.69. The first kappa shape index (κ1) is 16.5. The summed E-state index contributed by atoms with van der Waals surface area (Å²) >= 11 is 5.49. The van der Waals surface area contributed by atoms with E-state index < -0.39 is 0 Å². The van der Waals surface area contributed by atoms with E-state index in [1.807, 2.05) is 11.3 Å². The molecule has 1 heterocycles. The number of halogens is 1. The highest BCUT2D eigenvalue weighted by molar-refractivity contribution is 9.11. The Labute approximate surface area is 136 Å². The summed E-state index contributed by atoms with van der Waals surface area (Å²) in [5.41, 5.74) is 1.98. The molecule has 0 spiro atoms. The van der Waals surface area contributed by atoms with E-state index in [9.17, 15) is 0 Å². The Bertz CT molecular complexity index is 438. The number of aryl methyl sites for hydroxylation is 1. The molecule has 0 amide bonds. The van der Waals surface area contributed by atoms with Gasteiger partial charge in [-0.05, 0) is 84.5 Å². The van der Waals surface area contributed by atoms with E-state index in [0.29, 0.717) is 11.5 Å². The molecule has 0 aromatic carbocycles. The standard InChI is InChI=1S/C17H28BrNS/c1-11-14(10-15(18)20-11)16(19-5)12-6-8-13(9-7-12)17(2,3)4/h10,12-13,16,19H,6-9H2,1-5H3. The van der Waals surface area contributed by atoms with Gasteiger partial charge in [0.15, 0.2) is 0 Å². The summed E-state index contributed by atoms with van der Waals surface area (Å²) in [7, 11) is 2.12. The molecule has 1 aliphatic carbocycles. The van der Waals surface area contributed by atoms with Gasteiger partial charge < -0.3 is 5.32 Å². The van der Waals surface area contributed by atoms with Crippen LogP contribution in [0.1, 0.15) is 62.9 Å². The zero-order valence-electron chi connectivity index (χ0n) is 13.4. The summed E-state index contributed by atoms with van der Waals surface area (Å²) in [4.78, 5) is 1.45. The first-order chi connectivity index (χ1) is 9.32. The van der Waals surface area contributed by atoms with E-state index in [4.69, 9.17) is 0 Å². The summed E-state index contributed by atoms with van der Waals surface area (Å²) in [6.07, 6.45) is 5.49. The van der Waals surface area contributed by atoms with E-state index in [1.54, 1.807) is 0 Å². The molecule has 114 valence electrons. The van der Waals surface area contributed by atoms with Crippen LogP contribution in [0, 0.1) is 24.2 Å². The predicted molar refractivity (Wildman–Crippen MR) is 93.5 cm³/mol. The summed E-state index contributed by atoms with van der Waals surface area (Å²) in [6, 6.07) is 2.84. The number of hydrogen-bond acceptors (Lipinski definition) is 2. The van der Waals surface area contributed by atoms with Crippen molar-refractivity contribution in [3.8, 4) is 0 Å². The van der Waals surface area contributed by atoms with Gasteiger partial charge in [0.1, 0.15) is 0 Å². The quantitative estimate of drug-likeness (QED) is 0.706. The maximum Gasteiger partial charge on any atom is 0.0704 e. The molecule has 1 atom stereocenters. The van der Waals surface area contributed by atoms with Gasteiger partial charge >= 0.3 is 0 Å². The van der Waals surface area contributed by atoms with Crippen LogP contribution in [0.3, 0.4) is 0 Å². The van der Waals surface area contributed by atoms with E-state index in [1.165, 1.54) is 39.9 Å². The van der Waals surface area contributed by atoms with Crippen molar-refractivity contribution in [2.24, 2.45) is 17.3 Å².